The number of benzene rings is 1. The minimum absolute atomic E-state index is 0.0154. The fraction of sp³-hybridized carbons (Fsp3) is 0.571. The number of hydrogen-bond donors (Lipinski definition) is 1. The van der Waals surface area contributed by atoms with Gasteiger partial charge in [-0.2, -0.15) is 0 Å². The van der Waals surface area contributed by atoms with Gasteiger partial charge in [0.15, 0.2) is 11.5 Å². The van der Waals surface area contributed by atoms with Crippen molar-refractivity contribution in [1.29, 1.82) is 0 Å². The average molecular weight is 284 g/mol. The Balaban J connectivity index is 2.01. The number of nitrogens with one attached hydrogen (secondary N) is 1. The van der Waals surface area contributed by atoms with Crippen LogP contribution < -0.4 is 14.8 Å². The fourth-order valence-electron chi connectivity index (χ4n) is 2.59. The molecule has 4 nitrogen and oxygen atoms in total. The van der Waals surface area contributed by atoms with Crippen molar-refractivity contribution < 1.29 is 14.2 Å². The van der Waals surface area contributed by atoms with Crippen LogP contribution in [0.4, 0.5) is 0 Å². The summed E-state index contributed by atoms with van der Waals surface area (Å²) < 4.78 is 17.3. The van der Waals surface area contributed by atoms with E-state index in [1.807, 2.05) is 13.0 Å². The summed E-state index contributed by atoms with van der Waals surface area (Å²) in [6.07, 6.45) is 0.876. The molecule has 1 unspecified atom stereocenters. The zero-order chi connectivity index (χ0) is 13.2. The number of hydrogen-bond acceptors (Lipinski definition) is 4. The molecule has 19 heavy (non-hydrogen) atoms. The summed E-state index contributed by atoms with van der Waals surface area (Å²) in [5.41, 5.74) is 2.04. The molecule has 0 radical (unpaired) electrons. The molecule has 1 atom stereocenters. The number of halogens is 1. The van der Waals surface area contributed by atoms with Crippen molar-refractivity contribution in [3.8, 4) is 11.5 Å². The van der Waals surface area contributed by atoms with Crippen molar-refractivity contribution in [2.75, 3.05) is 32.9 Å². The number of ether oxygens (including phenoxy) is 3. The first-order valence-electron chi connectivity index (χ1n) is 6.68. The third-order valence-corrected chi connectivity index (χ3v) is 3.84. The highest BCUT2D eigenvalue weighted by Crippen LogP contribution is 2.42. The second kappa shape index (κ2) is 5.57. The highest BCUT2D eigenvalue weighted by Gasteiger charge is 2.25. The van der Waals surface area contributed by atoms with Crippen molar-refractivity contribution in [3.63, 3.8) is 0 Å². The normalized spacial score (nSPS) is 22.9. The Labute approximate surface area is 118 Å². The molecule has 2 aliphatic rings. The summed E-state index contributed by atoms with van der Waals surface area (Å²) in [4.78, 5) is 0. The quantitative estimate of drug-likeness (QED) is 0.859. The molecule has 0 bridgehead atoms. The van der Waals surface area contributed by atoms with E-state index in [-0.39, 0.29) is 6.10 Å². The number of morpholine rings is 1. The van der Waals surface area contributed by atoms with Crippen molar-refractivity contribution in [3.05, 3.63) is 22.2 Å². The van der Waals surface area contributed by atoms with E-state index < -0.39 is 0 Å². The van der Waals surface area contributed by atoms with Gasteiger partial charge >= 0.3 is 0 Å². The molecule has 1 N–H and O–H groups in total. The summed E-state index contributed by atoms with van der Waals surface area (Å²) in [7, 11) is 0. The predicted octanol–water partition coefficient (Wildman–Crippen LogP) is 2.47. The summed E-state index contributed by atoms with van der Waals surface area (Å²) >= 11 is 6.41. The van der Waals surface area contributed by atoms with E-state index in [2.05, 4.69) is 5.32 Å². The van der Waals surface area contributed by atoms with Crippen LogP contribution in [0.5, 0.6) is 11.5 Å². The second-order valence-corrected chi connectivity index (χ2v) is 5.25. The van der Waals surface area contributed by atoms with Crippen LogP contribution in [0.25, 0.3) is 0 Å². The lowest BCUT2D eigenvalue weighted by Crippen LogP contribution is -2.33. The Morgan fingerprint density at radius 3 is 2.89 bits per heavy atom. The fourth-order valence-corrected chi connectivity index (χ4v) is 2.96. The van der Waals surface area contributed by atoms with Crippen LogP contribution in [0, 0.1) is 6.92 Å². The maximum Gasteiger partial charge on any atom is 0.164 e. The van der Waals surface area contributed by atoms with Gasteiger partial charge in [-0.25, -0.2) is 0 Å². The van der Waals surface area contributed by atoms with Crippen LogP contribution >= 0.6 is 11.6 Å². The molecule has 1 saturated heterocycles. The van der Waals surface area contributed by atoms with Crippen molar-refractivity contribution in [2.45, 2.75) is 19.4 Å². The van der Waals surface area contributed by atoms with Gasteiger partial charge in [0.1, 0.15) is 0 Å². The summed E-state index contributed by atoms with van der Waals surface area (Å²) in [6.45, 7) is 5.74. The Morgan fingerprint density at radius 2 is 2.11 bits per heavy atom. The monoisotopic (exact) mass is 283 g/mol. The first-order valence-corrected chi connectivity index (χ1v) is 7.06. The Kier molecular flexibility index (Phi) is 3.82. The molecule has 1 aromatic carbocycles. The molecule has 2 aliphatic heterocycles. The third kappa shape index (κ3) is 2.53. The van der Waals surface area contributed by atoms with E-state index in [9.17, 15) is 0 Å². The summed E-state index contributed by atoms with van der Waals surface area (Å²) in [5, 5.41) is 4.01. The first-order chi connectivity index (χ1) is 9.27. The van der Waals surface area contributed by atoms with Gasteiger partial charge in [0.05, 0.1) is 30.9 Å². The molecule has 1 aromatic rings. The molecule has 0 aromatic heterocycles. The maximum atomic E-state index is 6.41. The number of rotatable bonds is 1. The van der Waals surface area contributed by atoms with Crippen LogP contribution in [0.2, 0.25) is 5.02 Å². The van der Waals surface area contributed by atoms with Gasteiger partial charge in [0.25, 0.3) is 0 Å². The topological polar surface area (TPSA) is 39.7 Å². The largest absolute Gasteiger partial charge is 0.489 e. The van der Waals surface area contributed by atoms with E-state index in [0.29, 0.717) is 24.8 Å². The lowest BCUT2D eigenvalue weighted by molar-refractivity contribution is 0.0272. The van der Waals surface area contributed by atoms with E-state index in [1.165, 1.54) is 0 Å². The smallest absolute Gasteiger partial charge is 0.164 e. The zero-order valence-corrected chi connectivity index (χ0v) is 11.8. The van der Waals surface area contributed by atoms with Crippen molar-refractivity contribution >= 4 is 11.6 Å². The molecular formula is C14H18ClNO3. The molecule has 3 rings (SSSR count). The van der Waals surface area contributed by atoms with Gasteiger partial charge in [-0.05, 0) is 6.92 Å². The van der Waals surface area contributed by atoms with Crippen LogP contribution in [0.15, 0.2) is 6.07 Å². The molecule has 0 saturated carbocycles. The molecular weight excluding hydrogens is 266 g/mol. The van der Waals surface area contributed by atoms with E-state index >= 15 is 0 Å². The SMILES string of the molecule is Cc1c2c(cc(Cl)c1C1CNCCO1)OCCCO2. The van der Waals surface area contributed by atoms with Gasteiger partial charge < -0.3 is 19.5 Å². The summed E-state index contributed by atoms with van der Waals surface area (Å²) in [5.74, 6) is 1.55. The van der Waals surface area contributed by atoms with Crippen molar-refractivity contribution in [2.24, 2.45) is 0 Å². The Hall–Kier alpha value is -0.970. The Morgan fingerprint density at radius 1 is 1.26 bits per heavy atom. The molecule has 0 spiro atoms. The summed E-state index contributed by atoms with van der Waals surface area (Å²) in [6, 6.07) is 1.85. The van der Waals surface area contributed by atoms with Crippen LogP contribution in [-0.4, -0.2) is 32.9 Å². The molecule has 2 heterocycles. The van der Waals surface area contributed by atoms with Crippen LogP contribution in [0.1, 0.15) is 23.7 Å². The zero-order valence-electron chi connectivity index (χ0n) is 11.0. The lowest BCUT2D eigenvalue weighted by Gasteiger charge is -2.27. The van der Waals surface area contributed by atoms with Gasteiger partial charge in [-0.3, -0.25) is 0 Å². The van der Waals surface area contributed by atoms with Crippen LogP contribution in [-0.2, 0) is 4.74 Å². The minimum Gasteiger partial charge on any atom is -0.489 e. The lowest BCUT2D eigenvalue weighted by atomic mass is 10.0. The van der Waals surface area contributed by atoms with E-state index in [1.54, 1.807) is 0 Å². The first kappa shape index (κ1) is 13.0. The van der Waals surface area contributed by atoms with Gasteiger partial charge in [-0.15, -0.1) is 0 Å². The molecule has 0 aliphatic carbocycles. The van der Waals surface area contributed by atoms with E-state index in [0.717, 1.165) is 42.1 Å². The second-order valence-electron chi connectivity index (χ2n) is 4.84. The van der Waals surface area contributed by atoms with Gasteiger partial charge in [0, 0.05) is 36.7 Å². The highest BCUT2D eigenvalue weighted by molar-refractivity contribution is 6.31. The Bertz CT molecular complexity index is 472. The van der Waals surface area contributed by atoms with Gasteiger partial charge in [-0.1, -0.05) is 11.6 Å². The molecule has 1 fully saturated rings. The highest BCUT2D eigenvalue weighted by atomic mass is 35.5. The molecule has 5 heteroatoms. The van der Waals surface area contributed by atoms with E-state index in [4.69, 9.17) is 25.8 Å². The third-order valence-electron chi connectivity index (χ3n) is 3.53. The van der Waals surface area contributed by atoms with Crippen LogP contribution in [0.3, 0.4) is 0 Å². The van der Waals surface area contributed by atoms with Crippen molar-refractivity contribution in [1.82, 2.24) is 5.32 Å². The predicted molar refractivity (Wildman–Crippen MR) is 73.4 cm³/mol. The minimum atomic E-state index is -0.0154. The average Bonchev–Trinajstić information content (AvgIpc) is 2.65. The van der Waals surface area contributed by atoms with Gasteiger partial charge in [0.2, 0.25) is 0 Å². The standard InChI is InChI=1S/C14H18ClNO3/c1-9-13(12-8-16-3-6-18-12)10(15)7-11-14(9)19-5-2-4-17-11/h7,12,16H,2-6,8H2,1H3. The molecule has 104 valence electrons. The number of fused-ring (bicyclic) bond motifs is 1. The molecule has 0 amide bonds. The maximum absolute atomic E-state index is 6.41.